The van der Waals surface area contributed by atoms with E-state index in [0.717, 1.165) is 5.56 Å². The van der Waals surface area contributed by atoms with Crippen molar-refractivity contribution in [3.05, 3.63) is 58.5 Å². The van der Waals surface area contributed by atoms with Crippen LogP contribution in [0.15, 0.2) is 47.4 Å². The quantitative estimate of drug-likeness (QED) is 0.928. The van der Waals surface area contributed by atoms with Gasteiger partial charge in [-0.05, 0) is 30.7 Å². The van der Waals surface area contributed by atoms with E-state index in [1.807, 2.05) is 25.1 Å². The van der Waals surface area contributed by atoms with Crippen LogP contribution in [0.4, 0.5) is 0 Å². The molecular weight excluding hydrogens is 284 g/mol. The Hall–Kier alpha value is -2.76. The summed E-state index contributed by atoms with van der Waals surface area (Å²) in [6, 6.07) is 10.1. The molecule has 1 amide bonds. The third-order valence-electron chi connectivity index (χ3n) is 3.49. The van der Waals surface area contributed by atoms with Gasteiger partial charge in [0.05, 0.1) is 6.04 Å². The Morgan fingerprint density at radius 3 is 2.91 bits per heavy atom. The fraction of sp³-hybridized carbons (Fsp3) is 0.250. The third-order valence-corrected chi connectivity index (χ3v) is 3.49. The van der Waals surface area contributed by atoms with Crippen LogP contribution in [-0.2, 0) is 11.3 Å². The second-order valence-electron chi connectivity index (χ2n) is 5.07. The number of fused-ring (bicyclic) bond motifs is 1. The predicted octanol–water partition coefficient (Wildman–Crippen LogP) is 1.45. The van der Waals surface area contributed by atoms with Gasteiger partial charge in [-0.3, -0.25) is 9.59 Å². The molecule has 1 atom stereocenters. The van der Waals surface area contributed by atoms with Crippen LogP contribution in [0.3, 0.4) is 0 Å². The molecule has 0 bridgehead atoms. The van der Waals surface area contributed by atoms with Crippen LogP contribution in [0.2, 0.25) is 0 Å². The van der Waals surface area contributed by atoms with Gasteiger partial charge in [0.1, 0.15) is 6.54 Å². The molecule has 2 heterocycles. The van der Waals surface area contributed by atoms with Crippen molar-refractivity contribution in [2.24, 2.45) is 0 Å². The third kappa shape index (κ3) is 2.95. The number of benzene rings is 1. The average Bonchev–Trinajstić information content (AvgIpc) is 2.97. The van der Waals surface area contributed by atoms with Crippen molar-refractivity contribution in [2.45, 2.75) is 19.5 Å². The van der Waals surface area contributed by atoms with Gasteiger partial charge in [0.25, 0.3) is 5.56 Å². The van der Waals surface area contributed by atoms with Crippen molar-refractivity contribution in [1.82, 2.24) is 9.88 Å². The molecule has 1 aliphatic rings. The molecule has 3 rings (SSSR count). The average molecular weight is 300 g/mol. The van der Waals surface area contributed by atoms with Gasteiger partial charge >= 0.3 is 0 Å². The van der Waals surface area contributed by atoms with Gasteiger partial charge in [0.2, 0.25) is 12.7 Å². The molecule has 0 spiro atoms. The predicted molar refractivity (Wildman–Crippen MR) is 79.8 cm³/mol. The molecule has 1 N–H and O–H groups in total. The lowest BCUT2D eigenvalue weighted by Crippen LogP contribution is -2.33. The topological polar surface area (TPSA) is 69.6 Å². The first-order valence-electron chi connectivity index (χ1n) is 6.98. The minimum Gasteiger partial charge on any atom is -0.454 e. The highest BCUT2D eigenvalue weighted by Gasteiger charge is 2.17. The van der Waals surface area contributed by atoms with E-state index in [-0.39, 0.29) is 30.8 Å². The Labute approximate surface area is 127 Å². The molecule has 0 saturated carbocycles. The van der Waals surface area contributed by atoms with Crippen LogP contribution < -0.4 is 20.3 Å². The van der Waals surface area contributed by atoms with E-state index in [2.05, 4.69) is 5.32 Å². The minimum absolute atomic E-state index is 0.00539. The SMILES string of the molecule is CC(NC(=O)Cn1ccccc1=O)c1ccc2c(c1)OCO2. The van der Waals surface area contributed by atoms with Crippen molar-refractivity contribution >= 4 is 5.91 Å². The Morgan fingerprint density at radius 2 is 2.09 bits per heavy atom. The zero-order chi connectivity index (χ0) is 15.5. The van der Waals surface area contributed by atoms with Crippen LogP contribution >= 0.6 is 0 Å². The molecule has 114 valence electrons. The van der Waals surface area contributed by atoms with Gasteiger partial charge in [-0.2, -0.15) is 0 Å². The number of carbonyl (C=O) groups is 1. The van der Waals surface area contributed by atoms with E-state index in [1.54, 1.807) is 18.3 Å². The standard InChI is InChI=1S/C16H16N2O4/c1-11(12-5-6-13-14(8-12)22-10-21-13)17-15(19)9-18-7-3-2-4-16(18)20/h2-8,11H,9-10H2,1H3,(H,17,19). The maximum absolute atomic E-state index is 12.1. The lowest BCUT2D eigenvalue weighted by Gasteiger charge is -2.15. The lowest BCUT2D eigenvalue weighted by atomic mass is 10.1. The maximum atomic E-state index is 12.1. The summed E-state index contributed by atoms with van der Waals surface area (Å²) in [6.45, 7) is 2.09. The maximum Gasteiger partial charge on any atom is 0.250 e. The zero-order valence-electron chi connectivity index (χ0n) is 12.1. The normalized spacial score (nSPS) is 13.7. The highest BCUT2D eigenvalue weighted by molar-refractivity contribution is 5.76. The molecule has 1 aliphatic heterocycles. The number of nitrogens with zero attached hydrogens (tertiary/aromatic N) is 1. The van der Waals surface area contributed by atoms with Crippen molar-refractivity contribution in [2.75, 3.05) is 6.79 Å². The van der Waals surface area contributed by atoms with Crippen molar-refractivity contribution in [3.63, 3.8) is 0 Å². The molecule has 0 fully saturated rings. The summed E-state index contributed by atoms with van der Waals surface area (Å²) in [7, 11) is 0. The lowest BCUT2D eigenvalue weighted by molar-refractivity contribution is -0.122. The first-order chi connectivity index (χ1) is 10.6. The number of ether oxygens (including phenoxy) is 2. The molecule has 1 aromatic carbocycles. The van der Waals surface area contributed by atoms with E-state index in [1.165, 1.54) is 10.6 Å². The summed E-state index contributed by atoms with van der Waals surface area (Å²) in [6.07, 6.45) is 1.59. The van der Waals surface area contributed by atoms with Crippen molar-refractivity contribution in [3.8, 4) is 11.5 Å². The first-order valence-corrected chi connectivity index (χ1v) is 6.98. The van der Waals surface area contributed by atoms with Crippen LogP contribution in [-0.4, -0.2) is 17.3 Å². The van der Waals surface area contributed by atoms with E-state index in [9.17, 15) is 9.59 Å². The summed E-state index contributed by atoms with van der Waals surface area (Å²) in [4.78, 5) is 23.6. The van der Waals surface area contributed by atoms with Gasteiger partial charge in [-0.25, -0.2) is 0 Å². The van der Waals surface area contributed by atoms with Crippen LogP contribution in [0, 0.1) is 0 Å². The van der Waals surface area contributed by atoms with Crippen molar-refractivity contribution < 1.29 is 14.3 Å². The molecule has 1 unspecified atom stereocenters. The molecule has 2 aromatic rings. The summed E-state index contributed by atoms with van der Waals surface area (Å²) in [5.41, 5.74) is 0.714. The van der Waals surface area contributed by atoms with Crippen molar-refractivity contribution in [1.29, 1.82) is 0 Å². The Bertz CT molecular complexity index is 754. The molecule has 0 radical (unpaired) electrons. The summed E-state index contributed by atoms with van der Waals surface area (Å²) < 4.78 is 11.9. The van der Waals surface area contributed by atoms with Gasteiger partial charge in [-0.1, -0.05) is 12.1 Å². The number of carbonyl (C=O) groups excluding carboxylic acids is 1. The van der Waals surface area contributed by atoms with Gasteiger partial charge in [0.15, 0.2) is 11.5 Å². The number of pyridine rings is 1. The van der Waals surface area contributed by atoms with E-state index in [0.29, 0.717) is 11.5 Å². The fourth-order valence-corrected chi connectivity index (χ4v) is 2.30. The number of aromatic nitrogens is 1. The number of hydrogen-bond donors (Lipinski definition) is 1. The molecule has 1 aromatic heterocycles. The smallest absolute Gasteiger partial charge is 0.250 e. The fourth-order valence-electron chi connectivity index (χ4n) is 2.30. The molecular formula is C16H16N2O4. The van der Waals surface area contributed by atoms with Crippen LogP contribution in [0.25, 0.3) is 0 Å². The zero-order valence-corrected chi connectivity index (χ0v) is 12.1. The number of nitrogens with one attached hydrogen (secondary N) is 1. The second kappa shape index (κ2) is 5.93. The molecule has 6 heteroatoms. The van der Waals surface area contributed by atoms with Gasteiger partial charge in [-0.15, -0.1) is 0 Å². The van der Waals surface area contributed by atoms with E-state index >= 15 is 0 Å². The number of hydrogen-bond acceptors (Lipinski definition) is 4. The number of rotatable bonds is 4. The largest absolute Gasteiger partial charge is 0.454 e. The number of amides is 1. The van der Waals surface area contributed by atoms with E-state index in [4.69, 9.17) is 9.47 Å². The molecule has 6 nitrogen and oxygen atoms in total. The Kier molecular flexibility index (Phi) is 3.82. The highest BCUT2D eigenvalue weighted by atomic mass is 16.7. The highest BCUT2D eigenvalue weighted by Crippen LogP contribution is 2.34. The van der Waals surface area contributed by atoms with Gasteiger partial charge in [0, 0.05) is 12.3 Å². The van der Waals surface area contributed by atoms with Gasteiger partial charge < -0.3 is 19.4 Å². The molecule has 22 heavy (non-hydrogen) atoms. The first kappa shape index (κ1) is 14.2. The summed E-state index contributed by atoms with van der Waals surface area (Å²) in [5, 5.41) is 2.87. The summed E-state index contributed by atoms with van der Waals surface area (Å²) in [5.74, 6) is 1.16. The Morgan fingerprint density at radius 1 is 1.27 bits per heavy atom. The summed E-state index contributed by atoms with van der Waals surface area (Å²) >= 11 is 0. The Balaban J connectivity index is 1.66. The molecule has 0 aliphatic carbocycles. The monoisotopic (exact) mass is 300 g/mol. The second-order valence-corrected chi connectivity index (χ2v) is 5.07. The van der Waals surface area contributed by atoms with Crippen LogP contribution in [0.5, 0.6) is 11.5 Å². The van der Waals surface area contributed by atoms with E-state index < -0.39 is 0 Å². The van der Waals surface area contributed by atoms with Crippen LogP contribution in [0.1, 0.15) is 18.5 Å². The molecule has 0 saturated heterocycles. The minimum atomic E-state index is -0.224.